The molecule has 0 N–H and O–H groups in total. The Balaban J connectivity index is 1.21. The van der Waals surface area contributed by atoms with Gasteiger partial charge in [0.1, 0.15) is 5.75 Å². The molecule has 1 saturated heterocycles. The highest BCUT2D eigenvalue weighted by atomic mass is 35.5. The zero-order valence-corrected chi connectivity index (χ0v) is 20.8. The van der Waals surface area contributed by atoms with Crippen LogP contribution in [0.4, 0.5) is 13.2 Å². The summed E-state index contributed by atoms with van der Waals surface area (Å²) in [6.45, 7) is 1.89. The Hall–Kier alpha value is -0.950. The van der Waals surface area contributed by atoms with Gasteiger partial charge < -0.3 is 14.2 Å². The zero-order valence-electron chi connectivity index (χ0n) is 19.3. The van der Waals surface area contributed by atoms with E-state index < -0.39 is 11.7 Å². The lowest BCUT2D eigenvalue weighted by Gasteiger charge is -2.46. The molecule has 190 valence electrons. The van der Waals surface area contributed by atoms with Crippen LogP contribution in [0.2, 0.25) is 5.02 Å². The highest BCUT2D eigenvalue weighted by Gasteiger charge is 2.42. The fraction of sp³-hybridized carbons (Fsp3) is 0.692. The zero-order chi connectivity index (χ0) is 24.2. The maximum atomic E-state index is 12.9. The minimum atomic E-state index is -4.46. The van der Waals surface area contributed by atoms with E-state index in [1.54, 1.807) is 5.54 Å². The van der Waals surface area contributed by atoms with Crippen molar-refractivity contribution in [3.8, 4) is 5.75 Å². The van der Waals surface area contributed by atoms with E-state index in [9.17, 15) is 13.2 Å². The van der Waals surface area contributed by atoms with E-state index >= 15 is 0 Å². The van der Waals surface area contributed by atoms with Gasteiger partial charge in [-0.25, -0.2) is 0 Å². The molecule has 1 heterocycles. The monoisotopic (exact) mass is 520 g/mol. The van der Waals surface area contributed by atoms with Crippen molar-refractivity contribution < 1.29 is 27.4 Å². The second kappa shape index (κ2) is 11.4. The van der Waals surface area contributed by atoms with Gasteiger partial charge in [0.2, 0.25) is 0 Å². The van der Waals surface area contributed by atoms with Crippen LogP contribution in [0.1, 0.15) is 63.4 Å². The minimum absolute atomic E-state index is 0.0984. The summed E-state index contributed by atoms with van der Waals surface area (Å²) in [6.07, 6.45) is 7.51. The second-order valence-electron chi connectivity index (χ2n) is 10.0. The van der Waals surface area contributed by atoms with Crippen molar-refractivity contribution in [2.75, 3.05) is 19.8 Å². The highest BCUT2D eigenvalue weighted by molar-refractivity contribution is 6.31. The first-order valence-corrected chi connectivity index (χ1v) is 13.1. The molecule has 0 spiro atoms. The fourth-order valence-electron chi connectivity index (χ4n) is 5.83. The number of ether oxygens (including phenoxy) is 3. The van der Waals surface area contributed by atoms with Gasteiger partial charge in [-0.3, -0.25) is 0 Å². The maximum absolute atomic E-state index is 12.9. The van der Waals surface area contributed by atoms with Gasteiger partial charge in [0.15, 0.2) is 6.29 Å². The molecule has 2 saturated carbocycles. The maximum Gasteiger partial charge on any atom is 0.417 e. The molecule has 0 amide bonds. The van der Waals surface area contributed by atoms with Crippen molar-refractivity contribution in [1.29, 1.82) is 0 Å². The van der Waals surface area contributed by atoms with Gasteiger partial charge >= 0.3 is 6.18 Å². The van der Waals surface area contributed by atoms with E-state index in [4.69, 9.17) is 37.4 Å². The van der Waals surface area contributed by atoms with Crippen molar-refractivity contribution in [1.82, 2.24) is 0 Å². The molecule has 0 unspecified atom stereocenters. The molecule has 1 aromatic rings. The van der Waals surface area contributed by atoms with E-state index in [2.05, 4.69) is 6.08 Å². The van der Waals surface area contributed by atoms with Gasteiger partial charge in [0.25, 0.3) is 0 Å². The lowest BCUT2D eigenvalue weighted by molar-refractivity contribution is -0.243. The van der Waals surface area contributed by atoms with Crippen LogP contribution in [-0.4, -0.2) is 26.1 Å². The van der Waals surface area contributed by atoms with Gasteiger partial charge in [-0.05, 0) is 68.1 Å². The summed E-state index contributed by atoms with van der Waals surface area (Å²) in [4.78, 5) is 0. The summed E-state index contributed by atoms with van der Waals surface area (Å²) >= 11 is 11.8. The summed E-state index contributed by atoms with van der Waals surface area (Å²) in [6, 6.07) is 3.55. The number of hydrogen-bond acceptors (Lipinski definition) is 3. The third-order valence-corrected chi connectivity index (χ3v) is 8.36. The standard InChI is InChI=1S/C26H33Cl2F3O3/c27-13-12-25(10-2-1-3-11-25)20-16-33-24(34-17-20)19-6-4-18(5-7-19)15-32-21-8-9-22(23(28)14-21)26(29,30)31/h8-9,12-14,18-20,24H,1-7,10-11,15-17H2. The Kier molecular flexibility index (Phi) is 8.76. The Morgan fingerprint density at radius 2 is 1.71 bits per heavy atom. The molecule has 34 heavy (non-hydrogen) atoms. The molecule has 3 nitrogen and oxygen atoms in total. The topological polar surface area (TPSA) is 27.7 Å². The number of hydrogen-bond donors (Lipinski definition) is 0. The van der Waals surface area contributed by atoms with Crippen molar-refractivity contribution >= 4 is 23.2 Å². The molecule has 2 aliphatic carbocycles. The minimum Gasteiger partial charge on any atom is -0.493 e. The van der Waals surface area contributed by atoms with E-state index in [1.165, 1.54) is 31.4 Å². The summed E-state index contributed by atoms with van der Waals surface area (Å²) in [5, 5.41) is -0.338. The summed E-state index contributed by atoms with van der Waals surface area (Å²) in [5.41, 5.74) is 0.922. The first-order valence-electron chi connectivity index (χ1n) is 12.3. The molecule has 1 aromatic carbocycles. The van der Waals surface area contributed by atoms with Gasteiger partial charge in [0, 0.05) is 17.4 Å². The number of rotatable bonds is 6. The molecule has 0 aromatic heterocycles. The average Bonchev–Trinajstić information content (AvgIpc) is 2.83. The van der Waals surface area contributed by atoms with Crippen molar-refractivity contribution in [2.45, 2.75) is 70.3 Å². The largest absolute Gasteiger partial charge is 0.493 e. The van der Waals surface area contributed by atoms with E-state index in [-0.39, 0.29) is 16.7 Å². The first-order chi connectivity index (χ1) is 16.3. The smallest absolute Gasteiger partial charge is 0.417 e. The third kappa shape index (κ3) is 6.24. The molecule has 3 aliphatic rings. The Labute approximate surface area is 209 Å². The number of alkyl halides is 3. The summed E-state index contributed by atoms with van der Waals surface area (Å²) in [7, 11) is 0. The van der Waals surface area contributed by atoms with Gasteiger partial charge in [-0.1, -0.05) is 48.5 Å². The fourth-order valence-corrected chi connectivity index (χ4v) is 6.35. The predicted molar refractivity (Wildman–Crippen MR) is 127 cm³/mol. The number of allylic oxidation sites excluding steroid dienone is 1. The predicted octanol–water partition coefficient (Wildman–Crippen LogP) is 8.24. The molecule has 3 fully saturated rings. The van der Waals surface area contributed by atoms with Crippen molar-refractivity contribution in [3.05, 3.63) is 40.4 Å². The SMILES string of the molecule is FC(F)(F)c1ccc(OCC2CCC(C3OCC(C4(C=CCl)CCCCC4)CO3)CC2)cc1Cl. The van der Waals surface area contributed by atoms with Gasteiger partial charge in [-0.2, -0.15) is 13.2 Å². The molecule has 0 bridgehead atoms. The Morgan fingerprint density at radius 1 is 1.03 bits per heavy atom. The van der Waals surface area contributed by atoms with Crippen LogP contribution in [0, 0.1) is 23.2 Å². The van der Waals surface area contributed by atoms with Crippen LogP contribution in [0.25, 0.3) is 0 Å². The highest BCUT2D eigenvalue weighted by Crippen LogP contribution is 2.46. The Bertz CT molecular complexity index is 823. The van der Waals surface area contributed by atoms with E-state index in [0.717, 1.165) is 44.6 Å². The van der Waals surface area contributed by atoms with Crippen LogP contribution in [0.3, 0.4) is 0 Å². The molecular formula is C26H33Cl2F3O3. The van der Waals surface area contributed by atoms with E-state index in [0.29, 0.717) is 43.3 Å². The Morgan fingerprint density at radius 3 is 2.29 bits per heavy atom. The summed E-state index contributed by atoms with van der Waals surface area (Å²) < 4.78 is 56.8. The molecule has 4 rings (SSSR count). The van der Waals surface area contributed by atoms with Gasteiger partial charge in [0.05, 0.1) is 30.4 Å². The lowest BCUT2D eigenvalue weighted by Crippen LogP contribution is -2.45. The molecule has 0 atom stereocenters. The molecule has 1 aliphatic heterocycles. The van der Waals surface area contributed by atoms with Crippen molar-refractivity contribution in [3.63, 3.8) is 0 Å². The molecule has 8 heteroatoms. The quantitative estimate of drug-likeness (QED) is 0.377. The van der Waals surface area contributed by atoms with Crippen molar-refractivity contribution in [2.24, 2.45) is 23.2 Å². The normalized spacial score (nSPS) is 30.4. The van der Waals surface area contributed by atoms with Crippen LogP contribution in [0.5, 0.6) is 5.75 Å². The van der Waals surface area contributed by atoms with Crippen LogP contribution < -0.4 is 4.74 Å². The van der Waals surface area contributed by atoms with E-state index in [1.807, 2.05) is 0 Å². The second-order valence-corrected chi connectivity index (χ2v) is 10.7. The van der Waals surface area contributed by atoms with Crippen LogP contribution in [-0.2, 0) is 15.7 Å². The molecular weight excluding hydrogens is 488 g/mol. The average molecular weight is 521 g/mol. The number of benzene rings is 1. The number of halogens is 5. The lowest BCUT2D eigenvalue weighted by atomic mass is 9.66. The van der Waals surface area contributed by atoms with Crippen LogP contribution >= 0.6 is 23.2 Å². The van der Waals surface area contributed by atoms with Crippen LogP contribution in [0.15, 0.2) is 29.8 Å². The third-order valence-electron chi connectivity index (χ3n) is 7.92. The van der Waals surface area contributed by atoms with Gasteiger partial charge in [-0.15, -0.1) is 0 Å². The first kappa shape index (κ1) is 26.1. The summed E-state index contributed by atoms with van der Waals surface area (Å²) in [5.74, 6) is 1.43. The molecule has 0 radical (unpaired) electrons.